The highest BCUT2D eigenvalue weighted by molar-refractivity contribution is 7.09. The Kier molecular flexibility index (Phi) is 5.88. The van der Waals surface area contributed by atoms with E-state index in [2.05, 4.69) is 60.9 Å². The summed E-state index contributed by atoms with van der Waals surface area (Å²) in [4.78, 5) is 7.48. The van der Waals surface area contributed by atoms with Crippen LogP contribution in [0.15, 0.2) is 30.0 Å². The lowest BCUT2D eigenvalue weighted by Crippen LogP contribution is -2.49. The van der Waals surface area contributed by atoms with E-state index in [9.17, 15) is 0 Å². The molecule has 30 heavy (non-hydrogen) atoms. The molecule has 0 aromatic carbocycles. The van der Waals surface area contributed by atoms with E-state index in [0.717, 1.165) is 32.5 Å². The molecule has 4 rings (SSSR count). The maximum absolute atomic E-state index is 5.54. The molecule has 1 spiro atoms. The predicted octanol–water partition coefficient (Wildman–Crippen LogP) is 5.09. The quantitative estimate of drug-likeness (QED) is 0.555. The van der Waals surface area contributed by atoms with Crippen LogP contribution in [-0.2, 0) is 15.7 Å². The Hall–Kier alpha value is -1.24. The predicted molar refractivity (Wildman–Crippen MR) is 123 cm³/mol. The molecule has 6 heteroatoms. The molecule has 2 aromatic heterocycles. The van der Waals surface area contributed by atoms with Gasteiger partial charge in [0.25, 0.3) is 0 Å². The van der Waals surface area contributed by atoms with Crippen LogP contribution in [0.3, 0.4) is 0 Å². The summed E-state index contributed by atoms with van der Waals surface area (Å²) < 4.78 is 7.64. The molecule has 0 saturated carbocycles. The highest BCUT2D eigenvalue weighted by atomic mass is 32.1. The van der Waals surface area contributed by atoms with Crippen molar-refractivity contribution < 1.29 is 4.74 Å². The number of nitrogens with zero attached hydrogens (tertiary/aromatic N) is 4. The maximum atomic E-state index is 5.54. The molecule has 5 nitrogen and oxygen atoms in total. The van der Waals surface area contributed by atoms with Crippen LogP contribution < -0.4 is 0 Å². The van der Waals surface area contributed by atoms with Crippen molar-refractivity contribution in [2.45, 2.75) is 83.2 Å². The fourth-order valence-electron chi connectivity index (χ4n) is 5.00. The second-order valence-corrected chi connectivity index (χ2v) is 12.0. The minimum absolute atomic E-state index is 0.00307. The summed E-state index contributed by atoms with van der Waals surface area (Å²) >= 11 is 1.81. The first-order chi connectivity index (χ1) is 14.1. The Balaban J connectivity index is 1.43. The number of thiazole rings is 1. The molecule has 1 unspecified atom stereocenters. The van der Waals surface area contributed by atoms with Gasteiger partial charge in [-0.05, 0) is 72.4 Å². The zero-order valence-corrected chi connectivity index (χ0v) is 20.2. The molecule has 0 aliphatic carbocycles. The Labute approximate surface area is 185 Å². The van der Waals surface area contributed by atoms with Crippen molar-refractivity contribution >= 4 is 11.3 Å². The fourth-order valence-corrected chi connectivity index (χ4v) is 5.86. The van der Waals surface area contributed by atoms with Crippen molar-refractivity contribution in [1.82, 2.24) is 19.7 Å². The normalized spacial score (nSPS) is 21.6. The molecule has 2 saturated heterocycles. The SMILES string of the molecule is CC(CCC(C)(C)N1CCC2(COC2)C1)(CCC(C)(C)n1cccn1)c1nccs1. The molecule has 1 atom stereocenters. The summed E-state index contributed by atoms with van der Waals surface area (Å²) in [5, 5.41) is 7.90. The van der Waals surface area contributed by atoms with Crippen LogP contribution in [0.2, 0.25) is 0 Å². The minimum atomic E-state index is 0.00307. The van der Waals surface area contributed by atoms with Crippen molar-refractivity contribution in [2.24, 2.45) is 5.41 Å². The van der Waals surface area contributed by atoms with Gasteiger partial charge in [0, 0.05) is 46.9 Å². The molecular formula is C24H38N4OS. The maximum Gasteiger partial charge on any atom is 0.0983 e. The summed E-state index contributed by atoms with van der Waals surface area (Å²) in [6.07, 6.45) is 11.7. The molecule has 0 bridgehead atoms. The second-order valence-electron chi connectivity index (χ2n) is 11.1. The van der Waals surface area contributed by atoms with Crippen LogP contribution in [0.4, 0.5) is 0 Å². The third kappa shape index (κ3) is 4.37. The fraction of sp³-hybridized carbons (Fsp3) is 0.750. The number of rotatable bonds is 9. The highest BCUT2D eigenvalue weighted by Gasteiger charge is 2.48. The molecule has 2 fully saturated rings. The first-order valence-corrected chi connectivity index (χ1v) is 12.3. The van der Waals surface area contributed by atoms with E-state index < -0.39 is 0 Å². The molecule has 2 aliphatic rings. The first kappa shape index (κ1) is 22.0. The zero-order chi connectivity index (χ0) is 21.5. The van der Waals surface area contributed by atoms with Crippen molar-refractivity contribution in [3.63, 3.8) is 0 Å². The third-order valence-corrected chi connectivity index (χ3v) is 8.84. The molecule has 2 aliphatic heterocycles. The standard InChI is InChI=1S/C24H38N4OS/c1-21(2,27-15-11-24(17-27)18-29-19-24)7-9-23(5,20-25-13-16-30-20)10-8-22(3,4)28-14-6-12-26-28/h6,12-14,16H,7-11,15,17-19H2,1-5H3. The summed E-state index contributed by atoms with van der Waals surface area (Å²) in [6.45, 7) is 16.2. The Morgan fingerprint density at radius 2 is 1.77 bits per heavy atom. The van der Waals surface area contributed by atoms with E-state index in [0.29, 0.717) is 5.41 Å². The molecule has 166 valence electrons. The van der Waals surface area contributed by atoms with Crippen LogP contribution in [0.1, 0.15) is 71.7 Å². The van der Waals surface area contributed by atoms with Crippen molar-refractivity contribution in [3.8, 4) is 0 Å². The lowest BCUT2D eigenvalue weighted by atomic mass is 9.75. The van der Waals surface area contributed by atoms with E-state index in [1.807, 2.05) is 29.8 Å². The van der Waals surface area contributed by atoms with Crippen LogP contribution >= 0.6 is 11.3 Å². The zero-order valence-electron chi connectivity index (χ0n) is 19.4. The molecular weight excluding hydrogens is 392 g/mol. The Morgan fingerprint density at radius 3 is 2.30 bits per heavy atom. The van der Waals surface area contributed by atoms with Gasteiger partial charge in [-0.25, -0.2) is 4.98 Å². The van der Waals surface area contributed by atoms with Crippen molar-refractivity contribution in [3.05, 3.63) is 35.0 Å². The van der Waals surface area contributed by atoms with Gasteiger partial charge in [0.1, 0.15) is 0 Å². The largest absolute Gasteiger partial charge is 0.380 e. The monoisotopic (exact) mass is 430 g/mol. The lowest BCUT2D eigenvalue weighted by Gasteiger charge is -2.42. The van der Waals surface area contributed by atoms with E-state index in [-0.39, 0.29) is 16.5 Å². The van der Waals surface area contributed by atoms with Gasteiger partial charge < -0.3 is 4.74 Å². The van der Waals surface area contributed by atoms with Gasteiger partial charge in [-0.1, -0.05) is 6.92 Å². The van der Waals surface area contributed by atoms with Gasteiger partial charge in [-0.3, -0.25) is 9.58 Å². The van der Waals surface area contributed by atoms with Gasteiger partial charge in [0.2, 0.25) is 0 Å². The summed E-state index contributed by atoms with van der Waals surface area (Å²) in [7, 11) is 0. The van der Waals surface area contributed by atoms with Crippen molar-refractivity contribution in [2.75, 3.05) is 26.3 Å². The molecule has 2 aromatic rings. The smallest absolute Gasteiger partial charge is 0.0983 e. The number of ether oxygens (including phenoxy) is 1. The summed E-state index contributed by atoms with van der Waals surface area (Å²) in [5.41, 5.74) is 0.745. The molecule has 0 radical (unpaired) electrons. The van der Waals surface area contributed by atoms with E-state index in [1.54, 1.807) is 0 Å². The van der Waals surface area contributed by atoms with E-state index in [4.69, 9.17) is 9.72 Å². The third-order valence-electron chi connectivity index (χ3n) is 7.76. The van der Waals surface area contributed by atoms with E-state index >= 15 is 0 Å². The average Bonchev–Trinajstić information content (AvgIpc) is 3.44. The average molecular weight is 431 g/mol. The van der Waals surface area contributed by atoms with Crippen LogP contribution in [0.25, 0.3) is 0 Å². The van der Waals surface area contributed by atoms with Crippen molar-refractivity contribution in [1.29, 1.82) is 0 Å². The topological polar surface area (TPSA) is 43.2 Å². The van der Waals surface area contributed by atoms with Gasteiger partial charge >= 0.3 is 0 Å². The number of aromatic nitrogens is 3. The highest BCUT2D eigenvalue weighted by Crippen LogP contribution is 2.44. The van der Waals surface area contributed by atoms with Crippen LogP contribution in [0, 0.1) is 5.41 Å². The molecule has 0 N–H and O–H groups in total. The lowest BCUT2D eigenvalue weighted by molar-refractivity contribution is -0.108. The molecule has 0 amide bonds. The first-order valence-electron chi connectivity index (χ1n) is 11.4. The summed E-state index contributed by atoms with van der Waals surface area (Å²) in [5.74, 6) is 0. The Bertz CT molecular complexity index is 810. The summed E-state index contributed by atoms with van der Waals surface area (Å²) in [6, 6.07) is 2.01. The number of hydrogen-bond acceptors (Lipinski definition) is 5. The van der Waals surface area contributed by atoms with Gasteiger partial charge in [0.15, 0.2) is 0 Å². The Morgan fingerprint density at radius 1 is 1.03 bits per heavy atom. The van der Waals surface area contributed by atoms with E-state index in [1.165, 1.54) is 30.9 Å². The molecule has 4 heterocycles. The van der Waals surface area contributed by atoms with Gasteiger partial charge in [-0.2, -0.15) is 5.10 Å². The van der Waals surface area contributed by atoms with Crippen LogP contribution in [-0.4, -0.2) is 51.5 Å². The van der Waals surface area contributed by atoms with Gasteiger partial charge in [0.05, 0.1) is 23.8 Å². The second kappa shape index (κ2) is 8.03. The van der Waals surface area contributed by atoms with Gasteiger partial charge in [-0.15, -0.1) is 11.3 Å². The minimum Gasteiger partial charge on any atom is -0.380 e. The van der Waals surface area contributed by atoms with Crippen LogP contribution in [0.5, 0.6) is 0 Å². The number of hydrogen-bond donors (Lipinski definition) is 0. The number of likely N-dealkylation sites (tertiary alicyclic amines) is 1.